The topological polar surface area (TPSA) is 58.9 Å². The summed E-state index contributed by atoms with van der Waals surface area (Å²) in [5, 5.41) is 25.6. The van der Waals surface area contributed by atoms with Crippen molar-refractivity contribution in [2.75, 3.05) is 14.2 Å². The van der Waals surface area contributed by atoms with Crippen LogP contribution >= 0.6 is 0 Å². The highest BCUT2D eigenvalue weighted by atomic mass is 16.7. The van der Waals surface area contributed by atoms with E-state index < -0.39 is 17.0 Å². The number of benzene rings is 5. The fourth-order valence-corrected chi connectivity index (χ4v) is 9.57. The Morgan fingerprint density at radius 2 is 0.714 bits per heavy atom. The van der Waals surface area contributed by atoms with Gasteiger partial charge in [0.25, 0.3) is 5.79 Å². The first-order valence-electron chi connectivity index (χ1n) is 21.7. The summed E-state index contributed by atoms with van der Waals surface area (Å²) in [6.07, 6.45) is 2.11. The summed E-state index contributed by atoms with van der Waals surface area (Å²) in [5.74, 6) is 23.6. The van der Waals surface area contributed by atoms with Gasteiger partial charge < -0.3 is 19.7 Å². The maximum Gasteiger partial charge on any atom is 0.259 e. The van der Waals surface area contributed by atoms with E-state index in [1.54, 1.807) is 24.3 Å². The minimum atomic E-state index is -2.17. The predicted molar refractivity (Wildman–Crippen MR) is 257 cm³/mol. The first-order chi connectivity index (χ1) is 29.6. The number of rotatable bonds is 6. The molecule has 0 spiro atoms. The van der Waals surface area contributed by atoms with Crippen LogP contribution in [-0.2, 0) is 31.5 Å². The third-order valence-corrected chi connectivity index (χ3v) is 11.8. The van der Waals surface area contributed by atoms with Crippen molar-refractivity contribution >= 4 is 0 Å². The summed E-state index contributed by atoms with van der Waals surface area (Å²) < 4.78 is 12.1. The average Bonchev–Trinajstić information content (AvgIpc) is 3.39. The van der Waals surface area contributed by atoms with Gasteiger partial charge in [-0.25, -0.2) is 0 Å². The first kappa shape index (κ1) is 46.7. The van der Waals surface area contributed by atoms with Crippen LogP contribution in [0, 0.1) is 58.2 Å². The molecule has 322 valence electrons. The molecule has 1 aliphatic carbocycles. The maximum atomic E-state index is 12.8. The first-order valence-corrected chi connectivity index (χ1v) is 21.7. The molecule has 0 unspecified atom stereocenters. The van der Waals surface area contributed by atoms with Crippen LogP contribution in [-0.4, -0.2) is 30.2 Å². The Morgan fingerprint density at radius 3 is 1.02 bits per heavy atom. The fraction of sp³-hybridized carbons (Fsp3) is 0.356. The molecular weight excluding hydrogens is 773 g/mol. The van der Waals surface area contributed by atoms with Crippen LogP contribution in [0.4, 0.5) is 0 Å². The molecule has 0 radical (unpaired) electrons. The van der Waals surface area contributed by atoms with Crippen LogP contribution in [0.25, 0.3) is 0 Å². The van der Waals surface area contributed by atoms with E-state index in [1.807, 2.05) is 48.5 Å². The van der Waals surface area contributed by atoms with Crippen LogP contribution in [0.5, 0.6) is 0 Å². The largest absolute Gasteiger partial charge is 0.369 e. The second kappa shape index (κ2) is 17.7. The molecule has 2 atom stereocenters. The number of hydrogen-bond donors (Lipinski definition) is 2. The Morgan fingerprint density at radius 1 is 0.413 bits per heavy atom. The number of aliphatic hydroxyl groups is 2. The number of ether oxygens (including phenoxy) is 2. The molecule has 2 N–H and O–H groups in total. The zero-order valence-electron chi connectivity index (χ0n) is 39.2. The van der Waals surface area contributed by atoms with E-state index in [-0.39, 0.29) is 21.7 Å². The molecule has 63 heavy (non-hydrogen) atoms. The lowest BCUT2D eigenvalue weighted by molar-refractivity contribution is -0.339. The summed E-state index contributed by atoms with van der Waals surface area (Å²) in [5.41, 5.74) is 3.65. The highest BCUT2D eigenvalue weighted by molar-refractivity contribution is 5.61. The van der Waals surface area contributed by atoms with Gasteiger partial charge in [-0.3, -0.25) is 0 Å². The third-order valence-electron chi connectivity index (χ3n) is 11.8. The van der Waals surface area contributed by atoms with Crippen molar-refractivity contribution in [3.05, 3.63) is 177 Å². The smallest absolute Gasteiger partial charge is 0.259 e. The molecule has 0 saturated heterocycles. The minimum Gasteiger partial charge on any atom is -0.369 e. The van der Waals surface area contributed by atoms with Crippen molar-refractivity contribution in [1.82, 2.24) is 0 Å². The Labute approximate surface area is 377 Å². The lowest BCUT2D eigenvalue weighted by atomic mass is 9.72. The van der Waals surface area contributed by atoms with Gasteiger partial charge in [-0.2, -0.15) is 0 Å². The summed E-state index contributed by atoms with van der Waals surface area (Å²) in [6, 6.07) is 38.9. The van der Waals surface area contributed by atoms with Crippen LogP contribution in [0.15, 0.2) is 121 Å². The monoisotopic (exact) mass is 834 g/mol. The molecule has 5 aromatic carbocycles. The van der Waals surface area contributed by atoms with Crippen LogP contribution in [0.2, 0.25) is 0 Å². The van der Waals surface area contributed by atoms with Crippen LogP contribution in [0.1, 0.15) is 138 Å². The standard InChI is InChI=1S/C59H62O4/c1-53(2,3)41-55(7,8)49-33-27-43(28-34-49)25-31-45-19-13-15-21-47(45)37-39-57(60)51-23-17-18-24-52(51)58(61,59(57,62-11)63-12)40-38-48-22-16-14-20-46(48)32-26-44-29-35-50(36-30-44)56(9,10)42-54(4,5)6/h13-24,27-30,33-36,60-61H,41-42H2,1-12H3/t57-,58-/m1/s1. The number of fused-ring (bicyclic) bond motifs is 1. The normalized spacial score (nSPS) is 18.0. The van der Waals surface area contributed by atoms with Crippen molar-refractivity contribution in [2.24, 2.45) is 10.8 Å². The van der Waals surface area contributed by atoms with Crippen molar-refractivity contribution < 1.29 is 19.7 Å². The summed E-state index contributed by atoms with van der Waals surface area (Å²) >= 11 is 0. The van der Waals surface area contributed by atoms with Crippen LogP contribution in [0.3, 0.4) is 0 Å². The lowest BCUT2D eigenvalue weighted by Gasteiger charge is -2.42. The van der Waals surface area contributed by atoms with Crippen molar-refractivity contribution in [3.8, 4) is 47.4 Å². The molecule has 0 fully saturated rings. The minimum absolute atomic E-state index is 0.0274. The van der Waals surface area contributed by atoms with E-state index in [2.05, 4.69) is 165 Å². The molecule has 1 aliphatic rings. The van der Waals surface area contributed by atoms with Gasteiger partial charge in [-0.1, -0.05) is 189 Å². The van der Waals surface area contributed by atoms with Gasteiger partial charge in [0.15, 0.2) is 0 Å². The van der Waals surface area contributed by atoms with Gasteiger partial charge in [-0.05, 0) is 94.2 Å². The van der Waals surface area contributed by atoms with Crippen LogP contribution < -0.4 is 0 Å². The molecule has 4 nitrogen and oxygen atoms in total. The van der Waals surface area contributed by atoms with Gasteiger partial charge in [0, 0.05) is 58.7 Å². The van der Waals surface area contributed by atoms with Crippen molar-refractivity contribution in [1.29, 1.82) is 0 Å². The Hall–Kier alpha value is -5.82. The Bertz CT molecular complexity index is 2520. The molecule has 0 bridgehead atoms. The van der Waals surface area contributed by atoms with Gasteiger partial charge in [0.2, 0.25) is 11.2 Å². The molecule has 5 aromatic rings. The second-order valence-corrected chi connectivity index (χ2v) is 20.5. The summed E-state index contributed by atoms with van der Waals surface area (Å²) in [7, 11) is 2.75. The number of methoxy groups -OCH3 is 2. The second-order valence-electron chi connectivity index (χ2n) is 20.5. The highest BCUT2D eigenvalue weighted by Gasteiger charge is 2.72. The van der Waals surface area contributed by atoms with E-state index >= 15 is 0 Å². The van der Waals surface area contributed by atoms with E-state index in [1.165, 1.54) is 25.3 Å². The van der Waals surface area contributed by atoms with E-state index in [9.17, 15) is 10.2 Å². The van der Waals surface area contributed by atoms with Gasteiger partial charge >= 0.3 is 0 Å². The van der Waals surface area contributed by atoms with Gasteiger partial charge in [-0.15, -0.1) is 0 Å². The number of hydrogen-bond acceptors (Lipinski definition) is 4. The van der Waals surface area contributed by atoms with E-state index in [0.29, 0.717) is 33.4 Å². The van der Waals surface area contributed by atoms with E-state index in [0.717, 1.165) is 24.0 Å². The molecule has 0 saturated carbocycles. The van der Waals surface area contributed by atoms with Crippen molar-refractivity contribution in [2.45, 2.75) is 110 Å². The lowest BCUT2D eigenvalue weighted by Crippen LogP contribution is -2.61. The summed E-state index contributed by atoms with van der Waals surface area (Å²) in [6.45, 7) is 22.8. The summed E-state index contributed by atoms with van der Waals surface area (Å²) in [4.78, 5) is 0. The molecule has 0 amide bonds. The zero-order chi connectivity index (χ0) is 45.9. The van der Waals surface area contributed by atoms with Gasteiger partial charge in [0.05, 0.1) is 0 Å². The third kappa shape index (κ3) is 9.88. The van der Waals surface area contributed by atoms with E-state index in [4.69, 9.17) is 9.47 Å². The predicted octanol–water partition coefficient (Wildman–Crippen LogP) is 11.4. The van der Waals surface area contributed by atoms with Gasteiger partial charge in [0.1, 0.15) is 0 Å². The quantitative estimate of drug-likeness (QED) is 0.132. The molecular formula is C59H62O4. The Balaban J connectivity index is 1.34. The molecule has 4 heteroatoms. The fourth-order valence-electron chi connectivity index (χ4n) is 9.57. The molecule has 0 heterocycles. The van der Waals surface area contributed by atoms with Crippen molar-refractivity contribution in [3.63, 3.8) is 0 Å². The highest BCUT2D eigenvalue weighted by Crippen LogP contribution is 2.56. The molecule has 0 aromatic heterocycles. The SMILES string of the molecule is COC1(OC)[C@@](O)(C#Cc2ccccc2C#Cc2ccc(C(C)(C)CC(C)(C)C)cc2)c2ccccc2[C@]1(O)C#Cc1ccccc1C#Cc1ccc(C(C)(C)CC(C)(C)C)cc1. The average molecular weight is 835 g/mol. The zero-order valence-corrected chi connectivity index (χ0v) is 39.2. The molecule has 6 rings (SSSR count). The molecule has 0 aliphatic heterocycles. The Kier molecular flexibility index (Phi) is 13.1. The maximum absolute atomic E-state index is 12.8.